The number of H-pyrrole nitrogens is 1. The summed E-state index contributed by atoms with van der Waals surface area (Å²) in [6.45, 7) is 3.85. The normalized spacial score (nSPS) is 10.3. The summed E-state index contributed by atoms with van der Waals surface area (Å²) in [6, 6.07) is 7.19. The van der Waals surface area contributed by atoms with E-state index in [1.807, 2.05) is 12.1 Å². The number of nitrogens with one attached hydrogen (secondary N) is 2. The van der Waals surface area contributed by atoms with Gasteiger partial charge in [0.05, 0.1) is 6.61 Å². The topological polar surface area (TPSA) is 67.0 Å². The van der Waals surface area contributed by atoms with Gasteiger partial charge in [-0.25, -0.2) is 9.78 Å². The second-order valence-corrected chi connectivity index (χ2v) is 4.35. The number of nitrogens with zero attached hydrogens (tertiary/aromatic N) is 1. The molecule has 0 saturated heterocycles. The van der Waals surface area contributed by atoms with Crippen LogP contribution in [0.1, 0.15) is 23.1 Å². The van der Waals surface area contributed by atoms with Gasteiger partial charge >= 0.3 is 5.97 Å². The van der Waals surface area contributed by atoms with Crippen molar-refractivity contribution in [2.24, 2.45) is 0 Å². The number of aryl methyl sites for hydroxylation is 1. The minimum Gasteiger partial charge on any atom is -0.461 e. The maximum atomic E-state index is 11.6. The Morgan fingerprint density at radius 1 is 1.42 bits per heavy atom. The van der Waals surface area contributed by atoms with Crippen molar-refractivity contribution in [1.82, 2.24) is 9.97 Å². The number of anilines is 2. The fourth-order valence-corrected chi connectivity index (χ4v) is 1.71. The molecular weight excluding hydrogens is 266 g/mol. The minimum atomic E-state index is -0.430. The van der Waals surface area contributed by atoms with Crippen LogP contribution in [0.2, 0.25) is 5.02 Å². The molecule has 2 aromatic rings. The first kappa shape index (κ1) is 13.4. The largest absolute Gasteiger partial charge is 0.461 e. The second kappa shape index (κ2) is 5.75. The Kier molecular flexibility index (Phi) is 4.06. The van der Waals surface area contributed by atoms with Crippen LogP contribution in [0.5, 0.6) is 0 Å². The van der Waals surface area contributed by atoms with Crippen molar-refractivity contribution in [3.63, 3.8) is 0 Å². The number of rotatable bonds is 4. The van der Waals surface area contributed by atoms with Gasteiger partial charge in [0, 0.05) is 16.4 Å². The molecule has 5 nitrogen and oxygen atoms in total. The van der Waals surface area contributed by atoms with Gasteiger partial charge in [-0.2, -0.15) is 0 Å². The van der Waals surface area contributed by atoms with Crippen LogP contribution in [0.15, 0.2) is 24.3 Å². The SMILES string of the molecule is CCOC(=O)c1nc(Nc2ccc(Cl)cc2)[nH]c1C. The van der Waals surface area contributed by atoms with Crippen molar-refractivity contribution in [3.05, 3.63) is 40.7 Å². The Hall–Kier alpha value is -2.01. The predicted molar refractivity (Wildman–Crippen MR) is 74.0 cm³/mol. The standard InChI is InChI=1S/C13H14ClN3O2/c1-3-19-12(18)11-8(2)15-13(17-11)16-10-6-4-9(14)5-7-10/h4-7H,3H2,1-2H3,(H2,15,16,17). The second-order valence-electron chi connectivity index (χ2n) is 3.91. The third-order valence-electron chi connectivity index (χ3n) is 2.46. The molecule has 100 valence electrons. The minimum absolute atomic E-state index is 0.290. The Morgan fingerprint density at radius 3 is 2.74 bits per heavy atom. The fourth-order valence-electron chi connectivity index (χ4n) is 1.59. The molecule has 1 aromatic carbocycles. The van der Waals surface area contributed by atoms with Crippen LogP contribution >= 0.6 is 11.6 Å². The Balaban J connectivity index is 2.16. The maximum Gasteiger partial charge on any atom is 0.358 e. The Bertz CT molecular complexity index is 578. The zero-order valence-electron chi connectivity index (χ0n) is 10.7. The van der Waals surface area contributed by atoms with E-state index in [-0.39, 0.29) is 0 Å². The van der Waals surface area contributed by atoms with E-state index in [0.717, 1.165) is 5.69 Å². The van der Waals surface area contributed by atoms with Gasteiger partial charge in [0.15, 0.2) is 5.69 Å². The van der Waals surface area contributed by atoms with E-state index in [0.29, 0.717) is 29.0 Å². The Labute approximate surface area is 116 Å². The molecule has 0 bridgehead atoms. The highest BCUT2D eigenvalue weighted by molar-refractivity contribution is 6.30. The average molecular weight is 280 g/mol. The third-order valence-corrected chi connectivity index (χ3v) is 2.71. The van der Waals surface area contributed by atoms with Crippen molar-refractivity contribution < 1.29 is 9.53 Å². The molecule has 19 heavy (non-hydrogen) atoms. The van der Waals surface area contributed by atoms with Crippen LogP contribution < -0.4 is 5.32 Å². The number of esters is 1. The molecule has 0 aliphatic rings. The number of carbonyl (C=O) groups excluding carboxylic acids is 1. The van der Waals surface area contributed by atoms with Gasteiger partial charge in [0.2, 0.25) is 5.95 Å². The number of hydrogen-bond donors (Lipinski definition) is 2. The van der Waals surface area contributed by atoms with Gasteiger partial charge in [-0.05, 0) is 38.1 Å². The summed E-state index contributed by atoms with van der Waals surface area (Å²) in [5, 5.41) is 3.72. The number of aromatic nitrogens is 2. The summed E-state index contributed by atoms with van der Waals surface area (Å²) in [7, 11) is 0. The molecule has 0 saturated carbocycles. The highest BCUT2D eigenvalue weighted by Gasteiger charge is 2.15. The molecule has 0 atom stereocenters. The molecule has 2 rings (SSSR count). The molecule has 6 heteroatoms. The van der Waals surface area contributed by atoms with Crippen molar-refractivity contribution in [2.45, 2.75) is 13.8 Å². The highest BCUT2D eigenvalue weighted by Crippen LogP contribution is 2.18. The van der Waals surface area contributed by atoms with Gasteiger partial charge in [-0.3, -0.25) is 0 Å². The van der Waals surface area contributed by atoms with E-state index >= 15 is 0 Å². The molecule has 0 spiro atoms. The number of halogens is 1. The summed E-state index contributed by atoms with van der Waals surface area (Å²) in [4.78, 5) is 18.8. The van der Waals surface area contributed by atoms with Crippen LogP contribution in [0.3, 0.4) is 0 Å². The number of benzene rings is 1. The molecule has 0 radical (unpaired) electrons. The van der Waals surface area contributed by atoms with Crippen molar-refractivity contribution in [1.29, 1.82) is 0 Å². The monoisotopic (exact) mass is 279 g/mol. The average Bonchev–Trinajstić information content (AvgIpc) is 2.74. The van der Waals surface area contributed by atoms with Gasteiger partial charge in [0.25, 0.3) is 0 Å². The lowest BCUT2D eigenvalue weighted by molar-refractivity contribution is 0.0519. The number of aromatic amines is 1. The lowest BCUT2D eigenvalue weighted by Crippen LogP contribution is -2.06. The van der Waals surface area contributed by atoms with E-state index in [1.165, 1.54) is 0 Å². The number of carbonyl (C=O) groups is 1. The lowest BCUT2D eigenvalue weighted by Gasteiger charge is -2.02. The number of ether oxygens (including phenoxy) is 1. The zero-order chi connectivity index (χ0) is 13.8. The van der Waals surface area contributed by atoms with E-state index < -0.39 is 5.97 Å². The van der Waals surface area contributed by atoms with E-state index in [1.54, 1.807) is 26.0 Å². The summed E-state index contributed by atoms with van der Waals surface area (Å²) < 4.78 is 4.92. The summed E-state index contributed by atoms with van der Waals surface area (Å²) in [5.41, 5.74) is 1.78. The van der Waals surface area contributed by atoms with Crippen LogP contribution in [-0.4, -0.2) is 22.5 Å². The predicted octanol–water partition coefficient (Wildman–Crippen LogP) is 3.29. The molecular formula is C13H14ClN3O2. The van der Waals surface area contributed by atoms with Crippen LogP contribution in [0.25, 0.3) is 0 Å². The molecule has 1 heterocycles. The van der Waals surface area contributed by atoms with Crippen LogP contribution in [-0.2, 0) is 4.74 Å². The summed E-state index contributed by atoms with van der Waals surface area (Å²) in [6.07, 6.45) is 0. The van der Waals surface area contributed by atoms with E-state index in [4.69, 9.17) is 16.3 Å². The van der Waals surface area contributed by atoms with Crippen LogP contribution in [0.4, 0.5) is 11.6 Å². The van der Waals surface area contributed by atoms with Gasteiger partial charge in [-0.15, -0.1) is 0 Å². The number of hydrogen-bond acceptors (Lipinski definition) is 4. The molecule has 0 amide bonds. The molecule has 1 aromatic heterocycles. The first-order valence-corrected chi connectivity index (χ1v) is 6.24. The van der Waals surface area contributed by atoms with Crippen molar-refractivity contribution in [3.8, 4) is 0 Å². The quantitative estimate of drug-likeness (QED) is 0.843. The van der Waals surface area contributed by atoms with Gasteiger partial charge in [-0.1, -0.05) is 11.6 Å². The van der Waals surface area contributed by atoms with E-state index in [2.05, 4.69) is 15.3 Å². The molecule has 0 unspecified atom stereocenters. The van der Waals surface area contributed by atoms with Gasteiger partial charge < -0.3 is 15.0 Å². The zero-order valence-corrected chi connectivity index (χ0v) is 11.4. The third kappa shape index (κ3) is 3.26. The highest BCUT2D eigenvalue weighted by atomic mass is 35.5. The van der Waals surface area contributed by atoms with Crippen molar-refractivity contribution >= 4 is 29.2 Å². The van der Waals surface area contributed by atoms with Crippen LogP contribution in [0, 0.1) is 6.92 Å². The Morgan fingerprint density at radius 2 is 2.11 bits per heavy atom. The first-order chi connectivity index (χ1) is 9.10. The lowest BCUT2D eigenvalue weighted by atomic mass is 10.3. The van der Waals surface area contributed by atoms with Gasteiger partial charge in [0.1, 0.15) is 0 Å². The summed E-state index contributed by atoms with van der Waals surface area (Å²) >= 11 is 5.81. The fraction of sp³-hybridized carbons (Fsp3) is 0.231. The first-order valence-electron chi connectivity index (χ1n) is 5.86. The molecule has 2 N–H and O–H groups in total. The summed E-state index contributed by atoms with van der Waals surface area (Å²) in [5.74, 6) is 0.0586. The maximum absolute atomic E-state index is 11.6. The smallest absolute Gasteiger partial charge is 0.358 e. The molecule has 0 aliphatic heterocycles. The molecule has 0 aliphatic carbocycles. The molecule has 0 fully saturated rings. The van der Waals surface area contributed by atoms with E-state index in [9.17, 15) is 4.79 Å². The van der Waals surface area contributed by atoms with Crippen molar-refractivity contribution in [2.75, 3.05) is 11.9 Å². The number of imidazole rings is 1.